The fraction of sp³-hybridized carbons (Fsp3) is 1.00. The molecule has 1 aliphatic carbocycles. The molecule has 1 saturated carbocycles. The standard InChI is InChI=1S/C15H30N2O/c1-17(10-2-4-15-5-3-11-18-15)12-13-6-8-14(16)9-7-13/h13-15H,2-12,16H2,1H3/t13?,14?,15-/m0/s1. The predicted molar refractivity (Wildman–Crippen MR) is 75.6 cm³/mol. The SMILES string of the molecule is CN(CCC[C@H]1CCCO1)CC1CCC(N)CC1. The van der Waals surface area contributed by atoms with Crippen molar-refractivity contribution in [2.45, 2.75) is 63.5 Å². The zero-order valence-corrected chi connectivity index (χ0v) is 11.9. The van der Waals surface area contributed by atoms with Crippen LogP contribution < -0.4 is 5.73 Å². The van der Waals surface area contributed by atoms with E-state index in [1.54, 1.807) is 0 Å². The molecule has 0 unspecified atom stereocenters. The summed E-state index contributed by atoms with van der Waals surface area (Å²) in [6.07, 6.45) is 10.8. The number of hydrogen-bond acceptors (Lipinski definition) is 3. The van der Waals surface area contributed by atoms with Gasteiger partial charge >= 0.3 is 0 Å². The molecule has 0 spiro atoms. The average molecular weight is 254 g/mol. The van der Waals surface area contributed by atoms with Gasteiger partial charge in [-0.05, 0) is 70.9 Å². The van der Waals surface area contributed by atoms with Gasteiger partial charge < -0.3 is 15.4 Å². The molecule has 1 saturated heterocycles. The lowest BCUT2D eigenvalue weighted by atomic mass is 9.86. The van der Waals surface area contributed by atoms with E-state index in [4.69, 9.17) is 10.5 Å². The van der Waals surface area contributed by atoms with Gasteiger partial charge in [0.25, 0.3) is 0 Å². The predicted octanol–water partition coefficient (Wildman–Crippen LogP) is 2.39. The lowest BCUT2D eigenvalue weighted by molar-refractivity contribution is 0.0987. The molecule has 0 aromatic heterocycles. The van der Waals surface area contributed by atoms with Crippen molar-refractivity contribution in [1.82, 2.24) is 4.90 Å². The molecule has 2 N–H and O–H groups in total. The molecule has 3 heteroatoms. The molecule has 18 heavy (non-hydrogen) atoms. The minimum absolute atomic E-state index is 0.478. The molecule has 106 valence electrons. The summed E-state index contributed by atoms with van der Waals surface area (Å²) in [4.78, 5) is 2.51. The van der Waals surface area contributed by atoms with Gasteiger partial charge in [0.15, 0.2) is 0 Å². The van der Waals surface area contributed by atoms with Crippen molar-refractivity contribution in [3.8, 4) is 0 Å². The molecule has 0 amide bonds. The van der Waals surface area contributed by atoms with E-state index < -0.39 is 0 Å². The minimum atomic E-state index is 0.478. The second kappa shape index (κ2) is 7.46. The van der Waals surface area contributed by atoms with Crippen molar-refractivity contribution in [1.29, 1.82) is 0 Å². The second-order valence-electron chi connectivity index (χ2n) is 6.32. The summed E-state index contributed by atoms with van der Waals surface area (Å²) in [6, 6.07) is 0.478. The number of nitrogens with zero attached hydrogens (tertiary/aromatic N) is 1. The van der Waals surface area contributed by atoms with Gasteiger partial charge in [-0.2, -0.15) is 0 Å². The molecule has 0 bridgehead atoms. The van der Waals surface area contributed by atoms with Crippen LogP contribution in [0.2, 0.25) is 0 Å². The van der Waals surface area contributed by atoms with Crippen LogP contribution in [0.1, 0.15) is 51.4 Å². The number of hydrogen-bond donors (Lipinski definition) is 1. The number of nitrogens with two attached hydrogens (primary N) is 1. The Bertz CT molecular complexity index is 221. The minimum Gasteiger partial charge on any atom is -0.378 e. The molecule has 2 aliphatic rings. The Kier molecular flexibility index (Phi) is 5.93. The van der Waals surface area contributed by atoms with Crippen molar-refractivity contribution in [2.75, 3.05) is 26.7 Å². The van der Waals surface area contributed by atoms with Gasteiger partial charge in [-0.3, -0.25) is 0 Å². The first kappa shape index (κ1) is 14.3. The quantitative estimate of drug-likeness (QED) is 0.791. The molecular weight excluding hydrogens is 224 g/mol. The summed E-state index contributed by atoms with van der Waals surface area (Å²) >= 11 is 0. The Morgan fingerprint density at radius 1 is 1.17 bits per heavy atom. The monoisotopic (exact) mass is 254 g/mol. The van der Waals surface area contributed by atoms with Gasteiger partial charge in [-0.15, -0.1) is 0 Å². The van der Waals surface area contributed by atoms with Gasteiger partial charge in [0.1, 0.15) is 0 Å². The van der Waals surface area contributed by atoms with Crippen molar-refractivity contribution in [3.05, 3.63) is 0 Å². The van der Waals surface area contributed by atoms with Gasteiger partial charge in [0.2, 0.25) is 0 Å². The van der Waals surface area contributed by atoms with Gasteiger partial charge in [-0.1, -0.05) is 0 Å². The van der Waals surface area contributed by atoms with Gasteiger partial charge in [-0.25, -0.2) is 0 Å². The number of rotatable bonds is 6. The summed E-state index contributed by atoms with van der Waals surface area (Å²) in [6.45, 7) is 3.48. The number of ether oxygens (including phenoxy) is 1. The summed E-state index contributed by atoms with van der Waals surface area (Å²) in [5.41, 5.74) is 5.95. The fourth-order valence-corrected chi connectivity index (χ4v) is 3.36. The Morgan fingerprint density at radius 3 is 2.61 bits per heavy atom. The van der Waals surface area contributed by atoms with E-state index in [9.17, 15) is 0 Å². The van der Waals surface area contributed by atoms with Crippen LogP contribution in [-0.2, 0) is 4.74 Å². The first-order valence-electron chi connectivity index (χ1n) is 7.80. The normalized spacial score (nSPS) is 33.2. The second-order valence-corrected chi connectivity index (χ2v) is 6.32. The van der Waals surface area contributed by atoms with Gasteiger partial charge in [0, 0.05) is 19.2 Å². The van der Waals surface area contributed by atoms with E-state index in [2.05, 4.69) is 11.9 Å². The lowest BCUT2D eigenvalue weighted by Gasteiger charge is -2.29. The third kappa shape index (κ3) is 4.87. The zero-order valence-electron chi connectivity index (χ0n) is 11.9. The molecule has 0 aromatic rings. The van der Waals surface area contributed by atoms with Crippen LogP contribution in [0.15, 0.2) is 0 Å². The highest BCUT2D eigenvalue weighted by molar-refractivity contribution is 4.76. The molecule has 2 rings (SSSR count). The van der Waals surface area contributed by atoms with Crippen LogP contribution in [0.3, 0.4) is 0 Å². The summed E-state index contributed by atoms with van der Waals surface area (Å²) in [5, 5.41) is 0. The Morgan fingerprint density at radius 2 is 1.94 bits per heavy atom. The van der Waals surface area contributed by atoms with E-state index in [0.29, 0.717) is 12.1 Å². The van der Waals surface area contributed by atoms with E-state index >= 15 is 0 Å². The first-order chi connectivity index (χ1) is 8.74. The molecule has 1 aliphatic heterocycles. The summed E-state index contributed by atoms with van der Waals surface area (Å²) in [7, 11) is 2.27. The van der Waals surface area contributed by atoms with Crippen molar-refractivity contribution < 1.29 is 4.74 Å². The molecule has 2 fully saturated rings. The first-order valence-corrected chi connectivity index (χ1v) is 7.80. The highest BCUT2D eigenvalue weighted by Crippen LogP contribution is 2.24. The zero-order chi connectivity index (χ0) is 12.8. The molecule has 0 radical (unpaired) electrons. The Labute approximate surface area is 112 Å². The smallest absolute Gasteiger partial charge is 0.0576 e. The van der Waals surface area contributed by atoms with Crippen LogP contribution >= 0.6 is 0 Å². The molecular formula is C15H30N2O. The van der Waals surface area contributed by atoms with Crippen molar-refractivity contribution >= 4 is 0 Å². The molecule has 1 atom stereocenters. The fourth-order valence-electron chi connectivity index (χ4n) is 3.36. The highest BCUT2D eigenvalue weighted by atomic mass is 16.5. The van der Waals surface area contributed by atoms with Gasteiger partial charge in [0.05, 0.1) is 6.10 Å². The Balaban J connectivity index is 1.52. The summed E-state index contributed by atoms with van der Waals surface area (Å²) < 4.78 is 5.66. The average Bonchev–Trinajstić information content (AvgIpc) is 2.85. The van der Waals surface area contributed by atoms with Crippen LogP contribution in [-0.4, -0.2) is 43.8 Å². The summed E-state index contributed by atoms with van der Waals surface area (Å²) in [5.74, 6) is 0.887. The van der Waals surface area contributed by atoms with Crippen LogP contribution in [0.5, 0.6) is 0 Å². The van der Waals surface area contributed by atoms with Crippen molar-refractivity contribution in [3.63, 3.8) is 0 Å². The maximum Gasteiger partial charge on any atom is 0.0576 e. The molecule has 0 aromatic carbocycles. The molecule has 3 nitrogen and oxygen atoms in total. The van der Waals surface area contributed by atoms with Crippen molar-refractivity contribution in [2.24, 2.45) is 11.7 Å². The Hall–Kier alpha value is -0.120. The van der Waals surface area contributed by atoms with Crippen LogP contribution in [0, 0.1) is 5.92 Å². The maximum absolute atomic E-state index is 5.95. The van der Waals surface area contributed by atoms with E-state index in [1.165, 1.54) is 64.5 Å². The van der Waals surface area contributed by atoms with Crippen LogP contribution in [0.25, 0.3) is 0 Å². The maximum atomic E-state index is 5.95. The van der Waals surface area contributed by atoms with E-state index in [-0.39, 0.29) is 0 Å². The highest BCUT2D eigenvalue weighted by Gasteiger charge is 2.20. The third-order valence-corrected chi connectivity index (χ3v) is 4.55. The van der Waals surface area contributed by atoms with E-state index in [0.717, 1.165) is 12.5 Å². The lowest BCUT2D eigenvalue weighted by Crippen LogP contribution is -2.33. The topological polar surface area (TPSA) is 38.5 Å². The van der Waals surface area contributed by atoms with E-state index in [1.807, 2.05) is 0 Å². The third-order valence-electron chi connectivity index (χ3n) is 4.55. The molecule has 1 heterocycles. The van der Waals surface area contributed by atoms with Crippen LogP contribution in [0.4, 0.5) is 0 Å². The largest absolute Gasteiger partial charge is 0.378 e.